The van der Waals surface area contributed by atoms with Crippen molar-refractivity contribution < 1.29 is 0 Å². The lowest BCUT2D eigenvalue weighted by atomic mass is 10.1. The molecule has 0 spiro atoms. The van der Waals surface area contributed by atoms with Gasteiger partial charge in [0.25, 0.3) is 0 Å². The van der Waals surface area contributed by atoms with Crippen molar-refractivity contribution in [3.8, 4) is 0 Å². The third-order valence-electron chi connectivity index (χ3n) is 3.35. The van der Waals surface area contributed by atoms with E-state index < -0.39 is 0 Å². The van der Waals surface area contributed by atoms with Gasteiger partial charge in [0.2, 0.25) is 5.16 Å². The van der Waals surface area contributed by atoms with E-state index in [1.807, 2.05) is 4.68 Å². The van der Waals surface area contributed by atoms with Gasteiger partial charge in [-0.25, -0.2) is 4.68 Å². The first kappa shape index (κ1) is 12.6. The van der Waals surface area contributed by atoms with Crippen molar-refractivity contribution >= 4 is 11.8 Å². The molecule has 2 aromatic rings. The molecule has 100 valence electrons. The van der Waals surface area contributed by atoms with E-state index >= 15 is 0 Å². The standard InChI is InChI=1S/C13H17N5S/c1-9-6-10(7-14)2-3-11(9)8-19-13-15-16-17-18(13)12-4-5-12/h2-3,6,12H,4-5,7-8,14H2,1H3. The largest absolute Gasteiger partial charge is 0.326 e. The Morgan fingerprint density at radius 2 is 2.26 bits per heavy atom. The monoisotopic (exact) mass is 275 g/mol. The second-order valence-electron chi connectivity index (χ2n) is 4.89. The summed E-state index contributed by atoms with van der Waals surface area (Å²) in [4.78, 5) is 0. The average Bonchev–Trinajstić information content (AvgIpc) is 3.16. The molecule has 1 saturated carbocycles. The maximum Gasteiger partial charge on any atom is 0.209 e. The smallest absolute Gasteiger partial charge is 0.209 e. The highest BCUT2D eigenvalue weighted by Crippen LogP contribution is 2.37. The van der Waals surface area contributed by atoms with E-state index in [4.69, 9.17) is 5.73 Å². The molecule has 0 amide bonds. The van der Waals surface area contributed by atoms with Crippen LogP contribution in [-0.2, 0) is 12.3 Å². The summed E-state index contributed by atoms with van der Waals surface area (Å²) in [6.07, 6.45) is 2.39. The Hall–Kier alpha value is -1.40. The molecule has 0 bridgehead atoms. The van der Waals surface area contributed by atoms with Gasteiger partial charge in [0.15, 0.2) is 0 Å². The van der Waals surface area contributed by atoms with Crippen molar-refractivity contribution in [1.29, 1.82) is 0 Å². The van der Waals surface area contributed by atoms with Gasteiger partial charge in [0.05, 0.1) is 6.04 Å². The van der Waals surface area contributed by atoms with E-state index in [9.17, 15) is 0 Å². The Balaban J connectivity index is 1.70. The van der Waals surface area contributed by atoms with Crippen LogP contribution in [0.25, 0.3) is 0 Å². The van der Waals surface area contributed by atoms with E-state index in [2.05, 4.69) is 40.6 Å². The molecule has 1 aliphatic carbocycles. The predicted molar refractivity (Wildman–Crippen MR) is 74.7 cm³/mol. The topological polar surface area (TPSA) is 69.6 Å². The highest BCUT2D eigenvalue weighted by atomic mass is 32.2. The second kappa shape index (κ2) is 5.30. The number of hydrogen-bond acceptors (Lipinski definition) is 5. The van der Waals surface area contributed by atoms with Gasteiger partial charge in [-0.05, 0) is 46.9 Å². The molecule has 1 aliphatic rings. The fourth-order valence-electron chi connectivity index (χ4n) is 2.02. The molecule has 1 aromatic heterocycles. The van der Waals surface area contributed by atoms with Crippen LogP contribution in [0, 0.1) is 6.92 Å². The molecule has 3 rings (SSSR count). The highest BCUT2D eigenvalue weighted by molar-refractivity contribution is 7.98. The van der Waals surface area contributed by atoms with E-state index in [1.165, 1.54) is 29.5 Å². The van der Waals surface area contributed by atoms with Crippen LogP contribution in [0.4, 0.5) is 0 Å². The molecule has 0 radical (unpaired) electrons. The second-order valence-corrected chi connectivity index (χ2v) is 5.83. The normalized spacial score (nSPS) is 14.8. The third kappa shape index (κ3) is 2.79. The third-order valence-corrected chi connectivity index (χ3v) is 4.34. The molecular weight excluding hydrogens is 258 g/mol. The minimum absolute atomic E-state index is 0.526. The minimum Gasteiger partial charge on any atom is -0.326 e. The van der Waals surface area contributed by atoms with Crippen LogP contribution in [0.2, 0.25) is 0 Å². The van der Waals surface area contributed by atoms with Crippen LogP contribution in [0.5, 0.6) is 0 Å². The lowest BCUT2D eigenvalue weighted by Gasteiger charge is -2.07. The molecule has 1 heterocycles. The molecule has 6 heteroatoms. The maximum absolute atomic E-state index is 5.64. The zero-order chi connectivity index (χ0) is 13.2. The van der Waals surface area contributed by atoms with Gasteiger partial charge in [-0.3, -0.25) is 0 Å². The van der Waals surface area contributed by atoms with Gasteiger partial charge in [0, 0.05) is 12.3 Å². The van der Waals surface area contributed by atoms with Crippen LogP contribution < -0.4 is 5.73 Å². The van der Waals surface area contributed by atoms with Gasteiger partial charge in [-0.1, -0.05) is 30.0 Å². The molecule has 2 N–H and O–H groups in total. The fourth-order valence-corrected chi connectivity index (χ4v) is 3.04. The molecule has 0 saturated heterocycles. The number of nitrogens with zero attached hydrogens (tertiary/aromatic N) is 4. The Bertz CT molecular complexity index is 576. The van der Waals surface area contributed by atoms with E-state index in [0.717, 1.165) is 10.9 Å². The first-order valence-corrected chi connectivity index (χ1v) is 7.45. The number of aryl methyl sites for hydroxylation is 1. The lowest BCUT2D eigenvalue weighted by molar-refractivity contribution is 0.565. The van der Waals surface area contributed by atoms with Crippen LogP contribution in [0.15, 0.2) is 23.4 Å². The molecule has 0 atom stereocenters. The van der Waals surface area contributed by atoms with Crippen molar-refractivity contribution in [1.82, 2.24) is 20.2 Å². The SMILES string of the molecule is Cc1cc(CN)ccc1CSc1nnnn1C1CC1. The Kier molecular flexibility index (Phi) is 3.52. The number of hydrogen-bond donors (Lipinski definition) is 1. The van der Waals surface area contributed by atoms with Crippen molar-refractivity contribution in [3.05, 3.63) is 34.9 Å². The molecule has 0 aliphatic heterocycles. The van der Waals surface area contributed by atoms with E-state index in [0.29, 0.717) is 12.6 Å². The summed E-state index contributed by atoms with van der Waals surface area (Å²) in [5, 5.41) is 12.9. The van der Waals surface area contributed by atoms with Crippen LogP contribution in [0.3, 0.4) is 0 Å². The van der Waals surface area contributed by atoms with Gasteiger partial charge >= 0.3 is 0 Å². The number of tetrazole rings is 1. The summed E-state index contributed by atoms with van der Waals surface area (Å²) in [6, 6.07) is 6.92. The van der Waals surface area contributed by atoms with Gasteiger partial charge < -0.3 is 5.73 Å². The predicted octanol–water partition coefficient (Wildman–Crippen LogP) is 2.07. The van der Waals surface area contributed by atoms with Crippen molar-refractivity contribution in [2.75, 3.05) is 0 Å². The first-order valence-electron chi connectivity index (χ1n) is 6.47. The maximum atomic E-state index is 5.64. The summed E-state index contributed by atoms with van der Waals surface area (Å²) in [6.45, 7) is 2.72. The zero-order valence-electron chi connectivity index (χ0n) is 10.9. The number of aromatic nitrogens is 4. The number of rotatable bonds is 5. The molecule has 1 fully saturated rings. The van der Waals surface area contributed by atoms with Crippen molar-refractivity contribution in [2.45, 2.75) is 43.3 Å². The summed E-state index contributed by atoms with van der Waals surface area (Å²) in [5.74, 6) is 0.893. The quantitative estimate of drug-likeness (QED) is 0.846. The number of benzene rings is 1. The average molecular weight is 275 g/mol. The van der Waals surface area contributed by atoms with Crippen LogP contribution in [-0.4, -0.2) is 20.2 Å². The molecule has 19 heavy (non-hydrogen) atoms. The Labute approximate surface area is 116 Å². The number of thioether (sulfide) groups is 1. The van der Waals surface area contributed by atoms with Crippen molar-refractivity contribution in [2.24, 2.45) is 5.73 Å². The van der Waals surface area contributed by atoms with Gasteiger partial charge in [-0.2, -0.15) is 0 Å². The fraction of sp³-hybridized carbons (Fsp3) is 0.462. The number of nitrogens with two attached hydrogens (primary N) is 1. The van der Waals surface area contributed by atoms with E-state index in [1.54, 1.807) is 11.8 Å². The highest BCUT2D eigenvalue weighted by Gasteiger charge is 2.27. The van der Waals surface area contributed by atoms with Gasteiger partial charge in [0.1, 0.15) is 0 Å². The summed E-state index contributed by atoms with van der Waals surface area (Å²) in [5.41, 5.74) is 9.41. The Morgan fingerprint density at radius 3 is 2.95 bits per heavy atom. The van der Waals surface area contributed by atoms with Crippen LogP contribution in [0.1, 0.15) is 35.6 Å². The zero-order valence-corrected chi connectivity index (χ0v) is 11.7. The molecule has 5 nitrogen and oxygen atoms in total. The minimum atomic E-state index is 0.526. The molecular formula is C13H17N5S. The Morgan fingerprint density at radius 1 is 1.42 bits per heavy atom. The summed E-state index contributed by atoms with van der Waals surface area (Å²) >= 11 is 1.70. The first-order chi connectivity index (χ1) is 9.28. The molecule has 1 aromatic carbocycles. The summed E-state index contributed by atoms with van der Waals surface area (Å²) < 4.78 is 1.95. The van der Waals surface area contributed by atoms with Crippen LogP contribution >= 0.6 is 11.8 Å². The van der Waals surface area contributed by atoms with Gasteiger partial charge in [-0.15, -0.1) is 5.10 Å². The molecule has 0 unspecified atom stereocenters. The summed E-state index contributed by atoms with van der Waals surface area (Å²) in [7, 11) is 0. The lowest BCUT2D eigenvalue weighted by Crippen LogP contribution is -2.00. The van der Waals surface area contributed by atoms with E-state index in [-0.39, 0.29) is 0 Å². The van der Waals surface area contributed by atoms with Crippen molar-refractivity contribution in [3.63, 3.8) is 0 Å².